The van der Waals surface area contributed by atoms with Crippen LogP contribution in [0.1, 0.15) is 25.3 Å². The second kappa shape index (κ2) is 6.76. The summed E-state index contributed by atoms with van der Waals surface area (Å²) >= 11 is 0. The maximum absolute atomic E-state index is 12.4. The van der Waals surface area contributed by atoms with Crippen LogP contribution in [0.4, 0.5) is 5.69 Å². The topological polar surface area (TPSA) is 84.0 Å². The molecule has 1 heterocycles. The Labute approximate surface area is 144 Å². The highest BCUT2D eigenvalue weighted by Crippen LogP contribution is 2.17. The lowest BCUT2D eigenvalue weighted by molar-refractivity contribution is -0.117. The summed E-state index contributed by atoms with van der Waals surface area (Å²) < 4.78 is 1.03. The van der Waals surface area contributed by atoms with Crippen LogP contribution in [0.2, 0.25) is 0 Å². The number of aromatic nitrogens is 2. The van der Waals surface area contributed by atoms with Crippen LogP contribution in [0.25, 0.3) is 10.8 Å². The lowest BCUT2D eigenvalue weighted by atomic mass is 10.0. The van der Waals surface area contributed by atoms with Crippen molar-refractivity contribution in [2.75, 3.05) is 5.32 Å². The molecule has 3 aromatic rings. The second-order valence-electron chi connectivity index (χ2n) is 6.20. The van der Waals surface area contributed by atoms with Crippen molar-refractivity contribution in [3.05, 3.63) is 74.8 Å². The molecule has 0 aliphatic carbocycles. The van der Waals surface area contributed by atoms with Crippen molar-refractivity contribution in [1.29, 1.82) is 0 Å². The van der Waals surface area contributed by atoms with Crippen LogP contribution in [-0.4, -0.2) is 15.7 Å². The molecule has 6 nitrogen and oxygen atoms in total. The SMILES string of the molecule is CC(C)c1ccc(NC(=O)Cn2[nH]c(=O)c3ccccc3c2=O)cc1. The number of nitrogens with one attached hydrogen (secondary N) is 2. The molecule has 0 saturated carbocycles. The maximum Gasteiger partial charge on any atom is 0.273 e. The average molecular weight is 337 g/mol. The Morgan fingerprint density at radius 1 is 1.04 bits per heavy atom. The number of anilines is 1. The number of rotatable bonds is 4. The van der Waals surface area contributed by atoms with Crippen molar-refractivity contribution in [3.63, 3.8) is 0 Å². The summed E-state index contributed by atoms with van der Waals surface area (Å²) in [5.74, 6) is 0.0244. The van der Waals surface area contributed by atoms with Gasteiger partial charge in [-0.05, 0) is 35.7 Å². The number of amides is 1. The van der Waals surface area contributed by atoms with E-state index in [0.29, 0.717) is 22.4 Å². The van der Waals surface area contributed by atoms with Gasteiger partial charge in [0.1, 0.15) is 6.54 Å². The van der Waals surface area contributed by atoms with Crippen LogP contribution in [0.3, 0.4) is 0 Å². The van der Waals surface area contributed by atoms with Crippen molar-refractivity contribution in [2.24, 2.45) is 0 Å². The third-order valence-electron chi connectivity index (χ3n) is 4.05. The molecule has 1 amide bonds. The molecule has 128 valence electrons. The minimum Gasteiger partial charge on any atom is -0.324 e. The van der Waals surface area contributed by atoms with E-state index >= 15 is 0 Å². The minimum absolute atomic E-state index is 0.259. The molecule has 2 N–H and O–H groups in total. The predicted octanol–water partition coefficient (Wildman–Crippen LogP) is 2.45. The molecule has 6 heteroatoms. The molecule has 0 fully saturated rings. The summed E-state index contributed by atoms with van der Waals surface area (Å²) in [6.07, 6.45) is 0. The largest absolute Gasteiger partial charge is 0.324 e. The molecule has 0 bridgehead atoms. The van der Waals surface area contributed by atoms with Crippen LogP contribution in [-0.2, 0) is 11.3 Å². The standard InChI is InChI=1S/C19H19N3O3/c1-12(2)13-7-9-14(10-8-13)20-17(23)11-22-19(25)16-6-4-3-5-15(16)18(24)21-22/h3-10,12H,11H2,1-2H3,(H,20,23)(H,21,24). The van der Waals surface area contributed by atoms with Gasteiger partial charge in [-0.2, -0.15) is 0 Å². The molecule has 25 heavy (non-hydrogen) atoms. The third kappa shape index (κ3) is 3.52. The first kappa shape index (κ1) is 16.7. The van der Waals surface area contributed by atoms with Gasteiger partial charge in [0.25, 0.3) is 11.1 Å². The highest BCUT2D eigenvalue weighted by atomic mass is 16.2. The van der Waals surface area contributed by atoms with Gasteiger partial charge in [0.2, 0.25) is 5.91 Å². The van der Waals surface area contributed by atoms with E-state index in [1.165, 1.54) is 5.56 Å². The van der Waals surface area contributed by atoms with E-state index in [4.69, 9.17) is 0 Å². The van der Waals surface area contributed by atoms with E-state index in [-0.39, 0.29) is 12.5 Å². The highest BCUT2D eigenvalue weighted by molar-refractivity contribution is 5.90. The van der Waals surface area contributed by atoms with E-state index < -0.39 is 11.1 Å². The Balaban J connectivity index is 1.81. The summed E-state index contributed by atoms with van der Waals surface area (Å²) in [4.78, 5) is 36.7. The Hall–Kier alpha value is -3.15. The average Bonchev–Trinajstić information content (AvgIpc) is 2.60. The molecule has 0 aliphatic heterocycles. The molecule has 0 aliphatic rings. The lowest BCUT2D eigenvalue weighted by Gasteiger charge is -2.10. The predicted molar refractivity (Wildman–Crippen MR) is 98.0 cm³/mol. The number of carbonyl (C=O) groups excluding carboxylic acids is 1. The summed E-state index contributed by atoms with van der Waals surface area (Å²) in [5, 5.41) is 5.78. The molecule has 1 aromatic heterocycles. The number of hydrogen-bond donors (Lipinski definition) is 2. The lowest BCUT2D eigenvalue weighted by Crippen LogP contribution is -2.34. The monoisotopic (exact) mass is 337 g/mol. The quantitative estimate of drug-likeness (QED) is 0.767. The molecule has 0 radical (unpaired) electrons. The number of benzene rings is 2. The van der Waals surface area contributed by atoms with Gasteiger partial charge < -0.3 is 5.32 Å². The second-order valence-corrected chi connectivity index (χ2v) is 6.20. The van der Waals surface area contributed by atoms with Gasteiger partial charge in [0.05, 0.1) is 10.8 Å². The first-order valence-electron chi connectivity index (χ1n) is 8.07. The number of H-pyrrole nitrogens is 1. The smallest absolute Gasteiger partial charge is 0.273 e. The number of hydrogen-bond acceptors (Lipinski definition) is 3. The molecular weight excluding hydrogens is 318 g/mol. The molecule has 0 atom stereocenters. The van der Waals surface area contributed by atoms with Crippen LogP contribution < -0.4 is 16.4 Å². The van der Waals surface area contributed by atoms with Gasteiger partial charge in [-0.25, -0.2) is 4.68 Å². The van der Waals surface area contributed by atoms with Crippen LogP contribution >= 0.6 is 0 Å². The Morgan fingerprint density at radius 3 is 2.32 bits per heavy atom. The van der Waals surface area contributed by atoms with Crippen molar-refractivity contribution in [3.8, 4) is 0 Å². The third-order valence-corrected chi connectivity index (χ3v) is 4.05. The maximum atomic E-state index is 12.4. The number of fused-ring (bicyclic) bond motifs is 1. The van der Waals surface area contributed by atoms with Gasteiger partial charge in [-0.1, -0.05) is 38.1 Å². The molecule has 3 rings (SSSR count). The summed E-state index contributed by atoms with van der Waals surface area (Å²) in [6, 6.07) is 14.1. The fourth-order valence-corrected chi connectivity index (χ4v) is 2.65. The fraction of sp³-hybridized carbons (Fsp3) is 0.211. The van der Waals surface area contributed by atoms with E-state index in [1.807, 2.05) is 24.3 Å². The Bertz CT molecular complexity index is 1030. The number of carbonyl (C=O) groups is 1. The number of aromatic amines is 1. The Kier molecular flexibility index (Phi) is 4.52. The Morgan fingerprint density at radius 2 is 1.68 bits per heavy atom. The van der Waals surface area contributed by atoms with Crippen molar-refractivity contribution in [1.82, 2.24) is 9.78 Å². The van der Waals surface area contributed by atoms with Crippen LogP contribution in [0.5, 0.6) is 0 Å². The fourth-order valence-electron chi connectivity index (χ4n) is 2.65. The summed E-state index contributed by atoms with van der Waals surface area (Å²) in [5.41, 5.74) is 1.02. The van der Waals surface area contributed by atoms with Crippen molar-refractivity contribution in [2.45, 2.75) is 26.3 Å². The highest BCUT2D eigenvalue weighted by Gasteiger charge is 2.10. The van der Waals surface area contributed by atoms with Crippen LogP contribution in [0.15, 0.2) is 58.1 Å². The molecule has 0 saturated heterocycles. The van der Waals surface area contributed by atoms with Crippen LogP contribution in [0, 0.1) is 0 Å². The zero-order valence-corrected chi connectivity index (χ0v) is 14.1. The molecule has 2 aromatic carbocycles. The van der Waals surface area contributed by atoms with Gasteiger partial charge >= 0.3 is 0 Å². The van der Waals surface area contributed by atoms with E-state index in [2.05, 4.69) is 24.3 Å². The zero-order valence-electron chi connectivity index (χ0n) is 14.1. The molecular formula is C19H19N3O3. The van der Waals surface area contributed by atoms with E-state index in [9.17, 15) is 14.4 Å². The summed E-state index contributed by atoms with van der Waals surface area (Å²) in [7, 11) is 0. The molecule has 0 spiro atoms. The van der Waals surface area contributed by atoms with Gasteiger partial charge in [0, 0.05) is 5.69 Å². The van der Waals surface area contributed by atoms with E-state index in [1.54, 1.807) is 24.3 Å². The zero-order chi connectivity index (χ0) is 18.0. The van der Waals surface area contributed by atoms with Gasteiger partial charge in [-0.15, -0.1) is 0 Å². The first-order valence-corrected chi connectivity index (χ1v) is 8.07. The van der Waals surface area contributed by atoms with Gasteiger partial charge in [-0.3, -0.25) is 19.5 Å². The number of nitrogens with zero attached hydrogens (tertiary/aromatic N) is 1. The first-order chi connectivity index (χ1) is 12.0. The van der Waals surface area contributed by atoms with Gasteiger partial charge in [0.15, 0.2) is 0 Å². The minimum atomic E-state index is -0.402. The normalized spacial score (nSPS) is 11.0. The molecule has 0 unspecified atom stereocenters. The van der Waals surface area contributed by atoms with E-state index in [0.717, 1.165) is 4.68 Å². The van der Waals surface area contributed by atoms with Crippen molar-refractivity contribution < 1.29 is 4.79 Å². The van der Waals surface area contributed by atoms with Crippen molar-refractivity contribution >= 4 is 22.4 Å². The summed E-state index contributed by atoms with van der Waals surface area (Å²) in [6.45, 7) is 3.93.